The summed E-state index contributed by atoms with van der Waals surface area (Å²) in [6.07, 6.45) is 3.89. The number of amides is 1. The zero-order valence-corrected chi connectivity index (χ0v) is 12.8. The average Bonchev–Trinajstić information content (AvgIpc) is 3.27. The molecule has 1 amide bonds. The third-order valence-electron chi connectivity index (χ3n) is 3.43. The van der Waals surface area contributed by atoms with Crippen molar-refractivity contribution in [1.29, 1.82) is 0 Å². The number of ether oxygens (including phenoxy) is 1. The monoisotopic (exact) mass is 325 g/mol. The summed E-state index contributed by atoms with van der Waals surface area (Å²) in [5, 5.41) is 2.99. The molecule has 0 aromatic heterocycles. The van der Waals surface area contributed by atoms with E-state index in [1.807, 2.05) is 24.3 Å². The molecule has 1 aliphatic rings. The second-order valence-electron chi connectivity index (χ2n) is 5.01. The molecule has 1 saturated carbocycles. The highest BCUT2D eigenvalue weighted by atomic mass is 79.9. The maximum atomic E-state index is 11.7. The largest absolute Gasteiger partial charge is 0.497 e. The van der Waals surface area contributed by atoms with Crippen molar-refractivity contribution in [3.63, 3.8) is 0 Å². The van der Waals surface area contributed by atoms with E-state index in [1.54, 1.807) is 7.11 Å². The molecule has 1 unspecified atom stereocenters. The lowest BCUT2D eigenvalue weighted by atomic mass is 10.1. The van der Waals surface area contributed by atoms with Gasteiger partial charge < -0.3 is 10.1 Å². The van der Waals surface area contributed by atoms with E-state index in [9.17, 15) is 4.79 Å². The van der Waals surface area contributed by atoms with Crippen molar-refractivity contribution in [2.75, 3.05) is 13.7 Å². The lowest BCUT2D eigenvalue weighted by Crippen LogP contribution is -2.30. The lowest BCUT2D eigenvalue weighted by molar-refractivity contribution is -0.121. The summed E-state index contributed by atoms with van der Waals surface area (Å²) in [5.74, 6) is 1.74. The van der Waals surface area contributed by atoms with Crippen molar-refractivity contribution in [1.82, 2.24) is 5.32 Å². The van der Waals surface area contributed by atoms with Gasteiger partial charge in [-0.3, -0.25) is 4.79 Å². The Morgan fingerprint density at radius 3 is 2.68 bits per heavy atom. The molecule has 1 atom stereocenters. The number of carbonyl (C=O) groups excluding carboxylic acids is 1. The van der Waals surface area contributed by atoms with Crippen LogP contribution in [0.4, 0.5) is 0 Å². The summed E-state index contributed by atoms with van der Waals surface area (Å²) < 4.78 is 5.10. The van der Waals surface area contributed by atoms with Gasteiger partial charge in [0.2, 0.25) is 5.91 Å². The van der Waals surface area contributed by atoms with Crippen LogP contribution in [0, 0.1) is 5.92 Å². The Balaban J connectivity index is 1.67. The zero-order chi connectivity index (χ0) is 13.7. The fourth-order valence-corrected chi connectivity index (χ4v) is 2.66. The number of alkyl halides is 1. The van der Waals surface area contributed by atoms with Crippen LogP contribution in [-0.4, -0.2) is 24.4 Å². The minimum absolute atomic E-state index is 0.126. The molecule has 1 aromatic carbocycles. The summed E-state index contributed by atoms with van der Waals surface area (Å²) in [5.41, 5.74) is 1.16. The molecular weight excluding hydrogens is 306 g/mol. The van der Waals surface area contributed by atoms with Crippen LogP contribution in [0.2, 0.25) is 0 Å². The van der Waals surface area contributed by atoms with Gasteiger partial charge in [-0.05, 0) is 42.9 Å². The Morgan fingerprint density at radius 1 is 1.42 bits per heavy atom. The van der Waals surface area contributed by atoms with E-state index in [1.165, 1.54) is 12.8 Å². The highest BCUT2D eigenvalue weighted by Gasteiger charge is 2.29. The Bertz CT molecular complexity index is 415. The standard InChI is InChI=1S/C15H20BrNO2/c1-19-13-7-2-11(3-8-13)4-9-15(18)17-10-14(16)12-5-6-12/h2-3,7-8,12,14H,4-6,9-10H2,1H3,(H,17,18). The molecule has 0 aliphatic heterocycles. The topological polar surface area (TPSA) is 38.3 Å². The zero-order valence-electron chi connectivity index (χ0n) is 11.2. The fourth-order valence-electron chi connectivity index (χ4n) is 1.97. The first-order valence-corrected chi connectivity index (χ1v) is 7.64. The average molecular weight is 326 g/mol. The molecule has 0 radical (unpaired) electrons. The van der Waals surface area contributed by atoms with Crippen molar-refractivity contribution in [2.45, 2.75) is 30.5 Å². The first kappa shape index (κ1) is 14.4. The molecule has 1 aliphatic carbocycles. The van der Waals surface area contributed by atoms with Gasteiger partial charge in [0, 0.05) is 17.8 Å². The van der Waals surface area contributed by atoms with Crippen molar-refractivity contribution in [2.24, 2.45) is 5.92 Å². The number of benzene rings is 1. The Kier molecular flexibility index (Phi) is 5.25. The molecule has 0 heterocycles. The van der Waals surface area contributed by atoms with Crippen molar-refractivity contribution in [3.8, 4) is 5.75 Å². The highest BCUT2D eigenvalue weighted by Crippen LogP contribution is 2.36. The van der Waals surface area contributed by atoms with Crippen LogP contribution in [-0.2, 0) is 11.2 Å². The van der Waals surface area contributed by atoms with E-state index >= 15 is 0 Å². The quantitative estimate of drug-likeness (QED) is 0.783. The normalized spacial score (nSPS) is 15.9. The molecule has 104 valence electrons. The van der Waals surface area contributed by atoms with Gasteiger partial charge in [0.15, 0.2) is 0 Å². The van der Waals surface area contributed by atoms with Crippen molar-refractivity contribution >= 4 is 21.8 Å². The molecule has 0 spiro atoms. The third kappa shape index (κ3) is 4.86. The Hall–Kier alpha value is -1.03. The maximum absolute atomic E-state index is 11.7. The van der Waals surface area contributed by atoms with Gasteiger partial charge in [0.1, 0.15) is 5.75 Å². The van der Waals surface area contributed by atoms with E-state index < -0.39 is 0 Å². The van der Waals surface area contributed by atoms with Crippen LogP contribution in [0.1, 0.15) is 24.8 Å². The van der Waals surface area contributed by atoms with Crippen LogP contribution in [0.15, 0.2) is 24.3 Å². The van der Waals surface area contributed by atoms with Crippen LogP contribution < -0.4 is 10.1 Å². The maximum Gasteiger partial charge on any atom is 0.220 e. The molecule has 2 rings (SSSR count). The van der Waals surface area contributed by atoms with Crippen LogP contribution in [0.5, 0.6) is 5.75 Å². The molecule has 0 saturated heterocycles. The number of carbonyl (C=O) groups is 1. The second kappa shape index (κ2) is 6.94. The predicted octanol–water partition coefficient (Wildman–Crippen LogP) is 2.92. The Labute approximate surface area is 122 Å². The summed E-state index contributed by atoms with van der Waals surface area (Å²) in [7, 11) is 1.65. The first-order valence-electron chi connectivity index (χ1n) is 6.72. The van der Waals surface area contributed by atoms with Gasteiger partial charge in [-0.1, -0.05) is 28.1 Å². The Morgan fingerprint density at radius 2 is 2.11 bits per heavy atom. The number of hydrogen-bond acceptors (Lipinski definition) is 2. The van der Waals surface area contributed by atoms with Crippen LogP contribution >= 0.6 is 15.9 Å². The van der Waals surface area contributed by atoms with Crippen molar-refractivity contribution in [3.05, 3.63) is 29.8 Å². The molecule has 1 N–H and O–H groups in total. The number of halogens is 1. The number of methoxy groups -OCH3 is 1. The number of nitrogens with one attached hydrogen (secondary N) is 1. The van der Waals surface area contributed by atoms with Gasteiger partial charge in [-0.2, -0.15) is 0 Å². The van der Waals surface area contributed by atoms with E-state index in [0.717, 1.165) is 30.2 Å². The fraction of sp³-hybridized carbons (Fsp3) is 0.533. The molecule has 19 heavy (non-hydrogen) atoms. The summed E-state index contributed by atoms with van der Waals surface area (Å²) in [6, 6.07) is 7.86. The highest BCUT2D eigenvalue weighted by molar-refractivity contribution is 9.09. The molecular formula is C15H20BrNO2. The van der Waals surface area contributed by atoms with Gasteiger partial charge in [-0.25, -0.2) is 0 Å². The molecule has 1 fully saturated rings. The van der Waals surface area contributed by atoms with Crippen LogP contribution in [0.3, 0.4) is 0 Å². The minimum Gasteiger partial charge on any atom is -0.497 e. The number of rotatable bonds is 7. The van der Waals surface area contributed by atoms with E-state index in [2.05, 4.69) is 21.2 Å². The summed E-state index contributed by atoms with van der Waals surface area (Å²) in [6.45, 7) is 0.742. The molecule has 3 nitrogen and oxygen atoms in total. The number of hydrogen-bond donors (Lipinski definition) is 1. The second-order valence-corrected chi connectivity index (χ2v) is 6.18. The smallest absolute Gasteiger partial charge is 0.220 e. The SMILES string of the molecule is COc1ccc(CCC(=O)NCC(Br)C2CC2)cc1. The lowest BCUT2D eigenvalue weighted by Gasteiger charge is -2.10. The van der Waals surface area contributed by atoms with Gasteiger partial charge in [-0.15, -0.1) is 0 Å². The van der Waals surface area contributed by atoms with E-state index in [4.69, 9.17) is 4.74 Å². The van der Waals surface area contributed by atoms with Gasteiger partial charge >= 0.3 is 0 Å². The summed E-state index contributed by atoms with van der Waals surface area (Å²) >= 11 is 3.62. The first-order chi connectivity index (χ1) is 9.19. The third-order valence-corrected chi connectivity index (χ3v) is 4.50. The minimum atomic E-state index is 0.126. The number of aryl methyl sites for hydroxylation is 1. The molecule has 1 aromatic rings. The van der Waals surface area contributed by atoms with E-state index in [-0.39, 0.29) is 5.91 Å². The van der Waals surface area contributed by atoms with Gasteiger partial charge in [0.25, 0.3) is 0 Å². The predicted molar refractivity (Wildman–Crippen MR) is 79.8 cm³/mol. The summed E-state index contributed by atoms with van der Waals surface area (Å²) in [4.78, 5) is 12.2. The van der Waals surface area contributed by atoms with E-state index in [0.29, 0.717) is 11.2 Å². The molecule has 4 heteroatoms. The molecule has 0 bridgehead atoms. The van der Waals surface area contributed by atoms with Gasteiger partial charge in [0.05, 0.1) is 7.11 Å². The van der Waals surface area contributed by atoms with Crippen LogP contribution in [0.25, 0.3) is 0 Å². The van der Waals surface area contributed by atoms with Crippen molar-refractivity contribution < 1.29 is 9.53 Å².